The Kier molecular flexibility index (Phi) is 5.27. The average Bonchev–Trinajstić information content (AvgIpc) is 3.24. The van der Waals surface area contributed by atoms with Gasteiger partial charge in [-0.1, -0.05) is 26.0 Å². The van der Waals surface area contributed by atoms with Crippen LogP contribution in [-0.4, -0.2) is 47.0 Å². The highest BCUT2D eigenvalue weighted by atomic mass is 16.3. The fraction of sp³-hybridized carbons (Fsp3) is 0.917. The summed E-state index contributed by atoms with van der Waals surface area (Å²) in [6, 6.07) is 0. The minimum absolute atomic E-state index is 0.0227. The average molecular weight is 376 g/mol. The molecule has 27 heavy (non-hydrogen) atoms. The van der Waals surface area contributed by atoms with Gasteiger partial charge in [-0.05, 0) is 112 Å². The number of nitrogens with zero attached hydrogens (tertiary/aromatic N) is 1. The summed E-state index contributed by atoms with van der Waals surface area (Å²) in [6.07, 6.45) is 12.0. The molecule has 3 heteroatoms. The van der Waals surface area contributed by atoms with Crippen molar-refractivity contribution < 1.29 is 10.2 Å². The third-order valence-corrected chi connectivity index (χ3v) is 9.80. The molecule has 6 atom stereocenters. The van der Waals surface area contributed by atoms with Crippen LogP contribution >= 0.6 is 0 Å². The second-order valence-electron chi connectivity index (χ2n) is 10.9. The van der Waals surface area contributed by atoms with Crippen LogP contribution in [0, 0.1) is 22.2 Å². The Balaban J connectivity index is 1.55. The molecule has 0 bridgehead atoms. The van der Waals surface area contributed by atoms with Crippen molar-refractivity contribution in [2.45, 2.75) is 96.7 Å². The summed E-state index contributed by atoms with van der Waals surface area (Å²) in [7, 11) is 0. The summed E-state index contributed by atoms with van der Waals surface area (Å²) in [5.74, 6) is 0.581. The fourth-order valence-electron chi connectivity index (χ4n) is 7.33. The molecule has 3 nitrogen and oxygen atoms in total. The molecular formula is C24H41NO2. The Bertz CT molecular complexity index is 571. The molecule has 0 spiro atoms. The number of hydrogen-bond donors (Lipinski definition) is 2. The number of allylic oxidation sites excluding steroid dienone is 1. The molecule has 4 aliphatic rings. The summed E-state index contributed by atoms with van der Waals surface area (Å²) < 4.78 is 0. The van der Waals surface area contributed by atoms with Gasteiger partial charge in [0.2, 0.25) is 0 Å². The van der Waals surface area contributed by atoms with E-state index in [1.807, 2.05) is 0 Å². The standard InChI is InChI=1S/C24H41NO2/c1-18-6-11-24(12-15-25-13-4-5-14-25)17-19(7-10-23(18,24)3)22(2)9-8-20(26)16-21(22)27/h19-21,26-27H,1,4-17H2,2-3H3/t19?,20-,21-,22+,23+,24+/m0/s1. The molecule has 1 heterocycles. The zero-order chi connectivity index (χ0) is 19.3. The summed E-state index contributed by atoms with van der Waals surface area (Å²) in [5, 5.41) is 20.9. The van der Waals surface area contributed by atoms with Gasteiger partial charge < -0.3 is 15.1 Å². The first-order chi connectivity index (χ1) is 12.8. The van der Waals surface area contributed by atoms with Gasteiger partial charge in [0, 0.05) is 0 Å². The first-order valence-electron chi connectivity index (χ1n) is 11.6. The van der Waals surface area contributed by atoms with Crippen LogP contribution in [0.3, 0.4) is 0 Å². The van der Waals surface area contributed by atoms with Crippen LogP contribution < -0.4 is 0 Å². The Morgan fingerprint density at radius 2 is 1.81 bits per heavy atom. The summed E-state index contributed by atoms with van der Waals surface area (Å²) in [6.45, 7) is 13.1. The van der Waals surface area contributed by atoms with Crippen LogP contribution in [0.15, 0.2) is 12.2 Å². The van der Waals surface area contributed by atoms with Crippen molar-refractivity contribution in [3.8, 4) is 0 Å². The maximum atomic E-state index is 10.9. The molecule has 0 aromatic heterocycles. The van der Waals surface area contributed by atoms with E-state index in [1.54, 1.807) is 0 Å². The van der Waals surface area contributed by atoms with Gasteiger partial charge in [0.15, 0.2) is 0 Å². The lowest BCUT2D eigenvalue weighted by atomic mass is 9.49. The van der Waals surface area contributed by atoms with Crippen molar-refractivity contribution in [2.24, 2.45) is 22.2 Å². The third kappa shape index (κ3) is 3.22. The molecule has 2 N–H and O–H groups in total. The van der Waals surface area contributed by atoms with Gasteiger partial charge in [0.25, 0.3) is 0 Å². The predicted molar refractivity (Wildman–Crippen MR) is 111 cm³/mol. The Hall–Kier alpha value is -0.380. The van der Waals surface area contributed by atoms with E-state index in [2.05, 4.69) is 25.3 Å². The summed E-state index contributed by atoms with van der Waals surface area (Å²) in [4.78, 5) is 2.67. The first-order valence-corrected chi connectivity index (χ1v) is 11.6. The number of hydrogen-bond acceptors (Lipinski definition) is 3. The zero-order valence-electron chi connectivity index (χ0n) is 17.7. The number of rotatable bonds is 4. The largest absolute Gasteiger partial charge is 0.393 e. The predicted octanol–water partition coefficient (Wildman–Crippen LogP) is 4.53. The van der Waals surface area contributed by atoms with Crippen LogP contribution in [0.5, 0.6) is 0 Å². The molecule has 0 aromatic carbocycles. The van der Waals surface area contributed by atoms with Gasteiger partial charge in [-0.25, -0.2) is 0 Å². The van der Waals surface area contributed by atoms with Crippen molar-refractivity contribution >= 4 is 0 Å². The second kappa shape index (κ2) is 7.15. The lowest BCUT2D eigenvalue weighted by Crippen LogP contribution is -2.52. The van der Waals surface area contributed by atoms with Gasteiger partial charge in [0.1, 0.15) is 0 Å². The zero-order valence-corrected chi connectivity index (χ0v) is 17.7. The van der Waals surface area contributed by atoms with E-state index >= 15 is 0 Å². The molecule has 3 saturated carbocycles. The van der Waals surface area contributed by atoms with Gasteiger partial charge in [-0.3, -0.25) is 0 Å². The highest BCUT2D eigenvalue weighted by Gasteiger charge is 2.59. The molecule has 0 radical (unpaired) electrons. The van der Waals surface area contributed by atoms with Gasteiger partial charge in [0.05, 0.1) is 12.2 Å². The monoisotopic (exact) mass is 375 g/mol. The number of aliphatic hydroxyl groups is 2. The molecule has 154 valence electrons. The molecule has 1 aliphatic heterocycles. The van der Waals surface area contributed by atoms with E-state index < -0.39 is 0 Å². The van der Waals surface area contributed by atoms with Crippen molar-refractivity contribution in [3.05, 3.63) is 12.2 Å². The molecule has 1 unspecified atom stereocenters. The van der Waals surface area contributed by atoms with E-state index in [0.29, 0.717) is 23.2 Å². The Morgan fingerprint density at radius 1 is 1.07 bits per heavy atom. The van der Waals surface area contributed by atoms with E-state index in [-0.39, 0.29) is 17.6 Å². The molecule has 1 saturated heterocycles. The van der Waals surface area contributed by atoms with Crippen LogP contribution in [0.4, 0.5) is 0 Å². The smallest absolute Gasteiger partial charge is 0.0621 e. The van der Waals surface area contributed by atoms with E-state index in [1.165, 1.54) is 76.6 Å². The number of aliphatic hydroxyl groups excluding tert-OH is 2. The van der Waals surface area contributed by atoms with Crippen LogP contribution in [0.25, 0.3) is 0 Å². The molecule has 3 aliphatic carbocycles. The van der Waals surface area contributed by atoms with Crippen LogP contribution in [-0.2, 0) is 0 Å². The van der Waals surface area contributed by atoms with E-state index in [9.17, 15) is 10.2 Å². The third-order valence-electron chi connectivity index (χ3n) is 9.80. The molecule has 0 aromatic rings. The van der Waals surface area contributed by atoms with Crippen molar-refractivity contribution in [2.75, 3.05) is 19.6 Å². The van der Waals surface area contributed by atoms with E-state index in [0.717, 1.165) is 12.8 Å². The molecular weight excluding hydrogens is 334 g/mol. The van der Waals surface area contributed by atoms with Crippen molar-refractivity contribution in [3.63, 3.8) is 0 Å². The quantitative estimate of drug-likeness (QED) is 0.710. The normalized spacial score (nSPS) is 48.7. The molecule has 4 fully saturated rings. The number of likely N-dealkylation sites (tertiary alicyclic amines) is 1. The number of fused-ring (bicyclic) bond motifs is 1. The molecule has 0 amide bonds. The van der Waals surface area contributed by atoms with Crippen molar-refractivity contribution in [1.29, 1.82) is 0 Å². The van der Waals surface area contributed by atoms with Gasteiger partial charge in [-0.15, -0.1) is 0 Å². The van der Waals surface area contributed by atoms with Gasteiger partial charge >= 0.3 is 0 Å². The highest BCUT2D eigenvalue weighted by molar-refractivity contribution is 5.24. The SMILES string of the molecule is C=C1CC[C@@]2(CCN3CCCC3)CC([C@@]3(C)CC[C@H](O)C[C@@H]3O)CC[C@]12C. The first kappa shape index (κ1) is 19.9. The maximum absolute atomic E-state index is 10.9. The Labute approximate surface area is 166 Å². The lowest BCUT2D eigenvalue weighted by molar-refractivity contribution is -0.115. The summed E-state index contributed by atoms with van der Waals surface area (Å²) in [5.41, 5.74) is 2.13. The van der Waals surface area contributed by atoms with Crippen molar-refractivity contribution in [1.82, 2.24) is 4.90 Å². The van der Waals surface area contributed by atoms with Gasteiger partial charge in [-0.2, -0.15) is 0 Å². The Morgan fingerprint density at radius 3 is 2.52 bits per heavy atom. The topological polar surface area (TPSA) is 43.7 Å². The van der Waals surface area contributed by atoms with Crippen LogP contribution in [0.2, 0.25) is 0 Å². The fourth-order valence-corrected chi connectivity index (χ4v) is 7.33. The highest BCUT2D eigenvalue weighted by Crippen LogP contribution is 2.68. The maximum Gasteiger partial charge on any atom is 0.0621 e. The lowest BCUT2D eigenvalue weighted by Gasteiger charge is -2.57. The second-order valence-corrected chi connectivity index (χ2v) is 10.9. The minimum Gasteiger partial charge on any atom is -0.393 e. The minimum atomic E-state index is -0.351. The van der Waals surface area contributed by atoms with E-state index in [4.69, 9.17) is 0 Å². The summed E-state index contributed by atoms with van der Waals surface area (Å²) >= 11 is 0. The van der Waals surface area contributed by atoms with Crippen LogP contribution in [0.1, 0.15) is 84.5 Å². The molecule has 4 rings (SSSR count).